The molecule has 21 heavy (non-hydrogen) atoms. The van der Waals surface area contributed by atoms with Crippen LogP contribution in [0.2, 0.25) is 0 Å². The van der Waals surface area contributed by atoms with E-state index in [1.54, 1.807) is 18.2 Å². The number of anilines is 1. The van der Waals surface area contributed by atoms with E-state index in [2.05, 4.69) is 10.1 Å². The Bertz CT molecular complexity index is 519. The molecule has 2 amide bonds. The lowest BCUT2D eigenvalue weighted by atomic mass is 10.1. The number of para-hydroxylation sites is 1. The van der Waals surface area contributed by atoms with E-state index >= 15 is 0 Å². The van der Waals surface area contributed by atoms with Crippen LogP contribution in [0, 0.1) is 0 Å². The van der Waals surface area contributed by atoms with Crippen LogP contribution in [0.5, 0.6) is 0 Å². The molecule has 1 atom stereocenters. The van der Waals surface area contributed by atoms with Gasteiger partial charge in [0.1, 0.15) is 12.6 Å². The average molecular weight is 302 g/mol. The number of ether oxygens (including phenoxy) is 1. The molecule has 1 aromatic rings. The summed E-state index contributed by atoms with van der Waals surface area (Å²) in [6.45, 7) is -0.0129. The highest BCUT2D eigenvalue weighted by atomic mass is 19.4. The summed E-state index contributed by atoms with van der Waals surface area (Å²) in [6, 6.07) is 5.69. The van der Waals surface area contributed by atoms with E-state index in [1.807, 2.05) is 0 Å². The third-order valence-electron chi connectivity index (χ3n) is 2.95. The van der Waals surface area contributed by atoms with Gasteiger partial charge in [0, 0.05) is 5.69 Å². The van der Waals surface area contributed by atoms with Crippen LogP contribution in [0.4, 0.5) is 23.7 Å². The minimum Gasteiger partial charge on any atom is -0.447 e. The summed E-state index contributed by atoms with van der Waals surface area (Å²) in [5.74, 6) is -0.914. The number of nitrogens with zero attached hydrogens (tertiary/aromatic N) is 1. The first kappa shape index (κ1) is 15.1. The van der Waals surface area contributed by atoms with Crippen LogP contribution in [0.3, 0.4) is 0 Å². The Labute approximate surface area is 118 Å². The van der Waals surface area contributed by atoms with Gasteiger partial charge in [0.2, 0.25) is 5.91 Å². The van der Waals surface area contributed by atoms with Crippen LogP contribution in [0.25, 0.3) is 0 Å². The molecule has 1 aromatic carbocycles. The van der Waals surface area contributed by atoms with E-state index in [1.165, 1.54) is 12.1 Å². The number of halogens is 3. The third-order valence-corrected chi connectivity index (χ3v) is 2.95. The Morgan fingerprint density at radius 3 is 2.52 bits per heavy atom. The molecule has 0 aliphatic carbocycles. The van der Waals surface area contributed by atoms with Crippen LogP contribution in [-0.2, 0) is 9.53 Å². The normalized spacial score (nSPS) is 16.5. The first-order chi connectivity index (χ1) is 9.88. The van der Waals surface area contributed by atoms with Gasteiger partial charge < -0.3 is 10.1 Å². The van der Waals surface area contributed by atoms with E-state index in [9.17, 15) is 22.8 Å². The maximum atomic E-state index is 13.0. The summed E-state index contributed by atoms with van der Waals surface area (Å²) >= 11 is 0. The average Bonchev–Trinajstić information content (AvgIpc) is 2.84. The van der Waals surface area contributed by atoms with Crippen molar-refractivity contribution >= 4 is 17.7 Å². The smallest absolute Gasteiger partial charge is 0.416 e. The van der Waals surface area contributed by atoms with Crippen molar-refractivity contribution in [3.8, 4) is 0 Å². The molecule has 114 valence electrons. The number of alkyl halides is 3. The number of hydrogen-bond donors (Lipinski definition) is 1. The van der Waals surface area contributed by atoms with Crippen molar-refractivity contribution in [3.63, 3.8) is 0 Å². The quantitative estimate of drug-likeness (QED) is 0.928. The number of benzene rings is 1. The molecule has 5 nitrogen and oxygen atoms in total. The Hall–Kier alpha value is -2.25. The number of amides is 2. The maximum absolute atomic E-state index is 13.0. The van der Waals surface area contributed by atoms with Gasteiger partial charge in [-0.05, 0) is 12.1 Å². The molecule has 1 saturated heterocycles. The van der Waals surface area contributed by atoms with Crippen LogP contribution in [0.1, 0.15) is 6.42 Å². The van der Waals surface area contributed by atoms with E-state index in [-0.39, 0.29) is 18.8 Å². The van der Waals surface area contributed by atoms with Crippen LogP contribution in [0.15, 0.2) is 30.3 Å². The molecule has 0 bridgehead atoms. The maximum Gasteiger partial charge on any atom is 0.416 e. The fourth-order valence-corrected chi connectivity index (χ4v) is 1.89. The number of cyclic esters (lactones) is 1. The molecule has 1 aliphatic heterocycles. The molecule has 2 rings (SSSR count). The number of nitrogens with one attached hydrogen (secondary N) is 1. The molecule has 1 aliphatic rings. The number of hydrogen-bond acceptors (Lipinski definition) is 4. The van der Waals surface area contributed by atoms with Gasteiger partial charge in [-0.3, -0.25) is 4.79 Å². The molecule has 1 unspecified atom stereocenters. The SMILES string of the molecule is O=C(CC(Nc1ccccc1)C(F)(F)F)N1CCOC1=O. The van der Waals surface area contributed by atoms with Gasteiger partial charge in [-0.1, -0.05) is 18.2 Å². The highest BCUT2D eigenvalue weighted by molar-refractivity contribution is 5.93. The number of imide groups is 1. The van der Waals surface area contributed by atoms with E-state index in [4.69, 9.17) is 0 Å². The van der Waals surface area contributed by atoms with Crippen molar-refractivity contribution < 1.29 is 27.5 Å². The second-order valence-corrected chi connectivity index (χ2v) is 4.47. The van der Waals surface area contributed by atoms with E-state index < -0.39 is 30.6 Å². The number of carbonyl (C=O) groups is 2. The second-order valence-electron chi connectivity index (χ2n) is 4.47. The van der Waals surface area contributed by atoms with E-state index in [0.29, 0.717) is 4.90 Å². The van der Waals surface area contributed by atoms with Gasteiger partial charge >= 0.3 is 12.3 Å². The minimum atomic E-state index is -4.62. The fourth-order valence-electron chi connectivity index (χ4n) is 1.89. The summed E-state index contributed by atoms with van der Waals surface area (Å²) in [5, 5.41) is 2.26. The van der Waals surface area contributed by atoms with Crippen LogP contribution >= 0.6 is 0 Å². The molecule has 0 aromatic heterocycles. The van der Waals surface area contributed by atoms with Crippen molar-refractivity contribution in [2.45, 2.75) is 18.6 Å². The Balaban J connectivity index is 2.06. The highest BCUT2D eigenvalue weighted by Crippen LogP contribution is 2.27. The zero-order chi connectivity index (χ0) is 15.5. The molecule has 0 saturated carbocycles. The Morgan fingerprint density at radius 1 is 1.33 bits per heavy atom. The lowest BCUT2D eigenvalue weighted by Crippen LogP contribution is -2.42. The minimum absolute atomic E-state index is 0.00731. The monoisotopic (exact) mass is 302 g/mol. The zero-order valence-corrected chi connectivity index (χ0v) is 10.9. The van der Waals surface area contributed by atoms with Crippen molar-refractivity contribution in [1.29, 1.82) is 0 Å². The lowest BCUT2D eigenvalue weighted by Gasteiger charge is -2.23. The third kappa shape index (κ3) is 3.87. The fraction of sp³-hybridized carbons (Fsp3) is 0.385. The number of rotatable bonds is 4. The molecule has 1 fully saturated rings. The molecule has 8 heteroatoms. The molecular weight excluding hydrogens is 289 g/mol. The lowest BCUT2D eigenvalue weighted by molar-refractivity contribution is -0.153. The van der Waals surface area contributed by atoms with Gasteiger partial charge in [0.25, 0.3) is 0 Å². The summed E-state index contributed by atoms with van der Waals surface area (Å²) in [5.41, 5.74) is 0.247. The second kappa shape index (κ2) is 6.02. The van der Waals surface area contributed by atoms with Crippen molar-refractivity contribution in [2.75, 3.05) is 18.5 Å². The van der Waals surface area contributed by atoms with Gasteiger partial charge in [0.05, 0.1) is 13.0 Å². The van der Waals surface area contributed by atoms with Gasteiger partial charge in [-0.25, -0.2) is 9.69 Å². The predicted molar refractivity (Wildman–Crippen MR) is 67.6 cm³/mol. The molecule has 0 radical (unpaired) electrons. The summed E-state index contributed by atoms with van der Waals surface area (Å²) in [6.07, 6.45) is -6.39. The standard InChI is InChI=1S/C13H13F3N2O3/c14-13(15,16)10(17-9-4-2-1-3-5-9)8-11(19)18-6-7-21-12(18)20/h1-5,10,17H,6-8H2. The highest BCUT2D eigenvalue weighted by Gasteiger charge is 2.43. The predicted octanol–water partition coefficient (Wildman–Crippen LogP) is 2.40. The molecular formula is C13H13F3N2O3. The molecule has 1 N–H and O–H groups in total. The van der Waals surface area contributed by atoms with Crippen LogP contribution < -0.4 is 5.32 Å². The summed E-state index contributed by atoms with van der Waals surface area (Å²) in [7, 11) is 0. The first-order valence-electron chi connectivity index (χ1n) is 6.23. The summed E-state index contributed by atoms with van der Waals surface area (Å²) in [4.78, 5) is 23.7. The Kier molecular flexibility index (Phi) is 4.35. The van der Waals surface area contributed by atoms with E-state index in [0.717, 1.165) is 0 Å². The van der Waals surface area contributed by atoms with Crippen molar-refractivity contribution in [1.82, 2.24) is 4.90 Å². The molecule has 1 heterocycles. The van der Waals surface area contributed by atoms with Gasteiger partial charge in [0.15, 0.2) is 0 Å². The topological polar surface area (TPSA) is 58.6 Å². The summed E-state index contributed by atoms with van der Waals surface area (Å²) < 4.78 is 43.5. The largest absolute Gasteiger partial charge is 0.447 e. The molecule has 0 spiro atoms. The van der Waals surface area contributed by atoms with Gasteiger partial charge in [-0.2, -0.15) is 13.2 Å². The Morgan fingerprint density at radius 2 is 2.00 bits per heavy atom. The number of carbonyl (C=O) groups excluding carboxylic acids is 2. The van der Waals surface area contributed by atoms with Crippen molar-refractivity contribution in [3.05, 3.63) is 30.3 Å². The first-order valence-corrected chi connectivity index (χ1v) is 6.23. The van der Waals surface area contributed by atoms with Crippen LogP contribution in [-0.4, -0.2) is 42.3 Å². The van der Waals surface area contributed by atoms with Crippen molar-refractivity contribution in [2.24, 2.45) is 0 Å². The van der Waals surface area contributed by atoms with Gasteiger partial charge in [-0.15, -0.1) is 0 Å². The zero-order valence-electron chi connectivity index (χ0n) is 10.9.